The summed E-state index contributed by atoms with van der Waals surface area (Å²) < 4.78 is 0. The number of carboxylic acids is 1. The molecule has 6 nitrogen and oxygen atoms in total. The number of nitrogens with one attached hydrogen (secondary N) is 2. The molecule has 6 heteroatoms. The van der Waals surface area contributed by atoms with E-state index >= 15 is 0 Å². The zero-order valence-corrected chi connectivity index (χ0v) is 13.0. The number of carbonyl (C=O) groups excluding carboxylic acids is 2. The van der Waals surface area contributed by atoms with Crippen molar-refractivity contribution in [1.82, 2.24) is 10.6 Å². The highest BCUT2D eigenvalue weighted by Gasteiger charge is 2.30. The van der Waals surface area contributed by atoms with Gasteiger partial charge in [-0.3, -0.25) is 14.4 Å². The van der Waals surface area contributed by atoms with Crippen molar-refractivity contribution < 1.29 is 19.5 Å². The van der Waals surface area contributed by atoms with Gasteiger partial charge in [-0.25, -0.2) is 0 Å². The predicted octanol–water partition coefficient (Wildman–Crippen LogP) is 1.30. The van der Waals surface area contributed by atoms with Gasteiger partial charge in [-0.05, 0) is 46.0 Å². The zero-order valence-electron chi connectivity index (χ0n) is 13.0. The Balaban J connectivity index is 2.40. The molecule has 0 saturated heterocycles. The molecule has 0 radical (unpaired) electrons. The molecule has 0 aromatic heterocycles. The van der Waals surface area contributed by atoms with Crippen LogP contribution in [0.15, 0.2) is 0 Å². The average molecular weight is 298 g/mol. The van der Waals surface area contributed by atoms with Crippen LogP contribution in [-0.4, -0.2) is 35.0 Å². The summed E-state index contributed by atoms with van der Waals surface area (Å²) in [6, 6.07) is -0.480. The van der Waals surface area contributed by atoms with Crippen LogP contribution >= 0.6 is 0 Å². The van der Waals surface area contributed by atoms with Crippen molar-refractivity contribution in [1.29, 1.82) is 0 Å². The van der Waals surface area contributed by atoms with Crippen LogP contribution in [0.1, 0.15) is 52.9 Å². The molecule has 0 aromatic rings. The predicted molar refractivity (Wildman–Crippen MR) is 78.6 cm³/mol. The Morgan fingerprint density at radius 3 is 2.05 bits per heavy atom. The normalized spacial score (nSPS) is 24.7. The Bertz CT molecular complexity index is 389. The minimum atomic E-state index is -0.782. The van der Waals surface area contributed by atoms with Crippen molar-refractivity contribution in [2.24, 2.45) is 11.8 Å². The van der Waals surface area contributed by atoms with E-state index in [4.69, 9.17) is 5.11 Å². The fourth-order valence-corrected chi connectivity index (χ4v) is 2.47. The van der Waals surface area contributed by atoms with Gasteiger partial charge in [0.1, 0.15) is 6.04 Å². The fraction of sp³-hybridized carbons (Fsp3) is 0.800. The van der Waals surface area contributed by atoms with E-state index in [0.717, 1.165) is 6.42 Å². The third-order valence-electron chi connectivity index (χ3n) is 4.20. The molecule has 0 bridgehead atoms. The second-order valence-corrected chi connectivity index (χ2v) is 5.93. The summed E-state index contributed by atoms with van der Waals surface area (Å²) in [4.78, 5) is 34.9. The van der Waals surface area contributed by atoms with E-state index in [-0.39, 0.29) is 29.7 Å². The SMILES string of the molecule is CCC(C)NC(=O)C(C)NC(=O)C1CCC(C(=O)O)CC1. The highest BCUT2D eigenvalue weighted by molar-refractivity contribution is 5.88. The first-order valence-electron chi connectivity index (χ1n) is 7.68. The molecule has 0 aromatic carbocycles. The number of rotatable bonds is 6. The highest BCUT2D eigenvalue weighted by Crippen LogP contribution is 2.29. The molecule has 0 aliphatic heterocycles. The van der Waals surface area contributed by atoms with Gasteiger partial charge in [0.15, 0.2) is 0 Å². The van der Waals surface area contributed by atoms with Gasteiger partial charge in [-0.2, -0.15) is 0 Å². The van der Waals surface area contributed by atoms with Gasteiger partial charge < -0.3 is 15.7 Å². The van der Waals surface area contributed by atoms with Crippen molar-refractivity contribution in [2.75, 3.05) is 0 Å². The van der Waals surface area contributed by atoms with Crippen LogP contribution in [-0.2, 0) is 14.4 Å². The Morgan fingerprint density at radius 1 is 1.05 bits per heavy atom. The van der Waals surface area contributed by atoms with Gasteiger partial charge in [0.05, 0.1) is 5.92 Å². The van der Waals surface area contributed by atoms with Crippen molar-refractivity contribution in [3.8, 4) is 0 Å². The lowest BCUT2D eigenvalue weighted by molar-refractivity contribution is -0.144. The van der Waals surface area contributed by atoms with Crippen molar-refractivity contribution in [3.05, 3.63) is 0 Å². The van der Waals surface area contributed by atoms with E-state index in [1.807, 2.05) is 13.8 Å². The zero-order chi connectivity index (χ0) is 16.0. The number of carboxylic acid groups (broad SMARTS) is 1. The summed E-state index contributed by atoms with van der Waals surface area (Å²) in [7, 11) is 0. The Morgan fingerprint density at radius 2 is 1.57 bits per heavy atom. The highest BCUT2D eigenvalue weighted by atomic mass is 16.4. The molecular weight excluding hydrogens is 272 g/mol. The molecule has 21 heavy (non-hydrogen) atoms. The van der Waals surface area contributed by atoms with Gasteiger partial charge in [-0.15, -0.1) is 0 Å². The molecule has 1 aliphatic rings. The number of amides is 2. The Hall–Kier alpha value is -1.59. The second kappa shape index (κ2) is 8.00. The van der Waals surface area contributed by atoms with E-state index in [2.05, 4.69) is 10.6 Å². The lowest BCUT2D eigenvalue weighted by atomic mass is 9.81. The molecule has 1 saturated carbocycles. The summed E-state index contributed by atoms with van der Waals surface area (Å²) in [5.74, 6) is -1.63. The maximum Gasteiger partial charge on any atom is 0.306 e. The van der Waals surface area contributed by atoms with Gasteiger partial charge in [0.2, 0.25) is 11.8 Å². The van der Waals surface area contributed by atoms with E-state index in [1.54, 1.807) is 6.92 Å². The Kier molecular flexibility index (Phi) is 6.65. The first-order chi connectivity index (χ1) is 9.85. The minimum Gasteiger partial charge on any atom is -0.481 e. The maximum atomic E-state index is 12.1. The first-order valence-corrected chi connectivity index (χ1v) is 7.68. The molecule has 1 fully saturated rings. The summed E-state index contributed by atoms with van der Waals surface area (Å²) >= 11 is 0. The molecule has 2 atom stereocenters. The molecule has 1 aliphatic carbocycles. The molecule has 2 unspecified atom stereocenters. The number of carbonyl (C=O) groups is 3. The molecule has 2 amide bonds. The van der Waals surface area contributed by atoms with Crippen molar-refractivity contribution >= 4 is 17.8 Å². The topological polar surface area (TPSA) is 95.5 Å². The fourth-order valence-electron chi connectivity index (χ4n) is 2.47. The number of hydrogen-bond acceptors (Lipinski definition) is 3. The third-order valence-corrected chi connectivity index (χ3v) is 4.20. The summed E-state index contributed by atoms with van der Waals surface area (Å²) in [6.07, 6.45) is 3.04. The second-order valence-electron chi connectivity index (χ2n) is 5.93. The van der Waals surface area contributed by atoms with E-state index in [0.29, 0.717) is 25.7 Å². The van der Waals surface area contributed by atoms with Gasteiger partial charge in [0.25, 0.3) is 0 Å². The molecular formula is C15H26N2O4. The summed E-state index contributed by atoms with van der Waals surface area (Å²) in [5, 5.41) is 14.5. The average Bonchev–Trinajstić information content (AvgIpc) is 2.46. The van der Waals surface area contributed by atoms with Gasteiger partial charge in [-0.1, -0.05) is 6.92 Å². The summed E-state index contributed by atoms with van der Waals surface area (Å²) in [5.41, 5.74) is 0. The van der Waals surface area contributed by atoms with Crippen LogP contribution in [0.5, 0.6) is 0 Å². The standard InChI is InChI=1S/C15H26N2O4/c1-4-9(2)16-13(18)10(3)17-14(19)11-5-7-12(8-6-11)15(20)21/h9-12H,4-8H2,1-3H3,(H,16,18)(H,17,19)(H,20,21). The van der Waals surface area contributed by atoms with Gasteiger partial charge >= 0.3 is 5.97 Å². The lowest BCUT2D eigenvalue weighted by Crippen LogP contribution is -2.49. The van der Waals surface area contributed by atoms with Crippen LogP contribution < -0.4 is 10.6 Å². The van der Waals surface area contributed by atoms with E-state index in [9.17, 15) is 14.4 Å². The third kappa shape index (κ3) is 5.36. The smallest absolute Gasteiger partial charge is 0.306 e. The quantitative estimate of drug-likeness (QED) is 0.688. The van der Waals surface area contributed by atoms with E-state index < -0.39 is 12.0 Å². The number of aliphatic carboxylic acids is 1. The van der Waals surface area contributed by atoms with Crippen LogP contribution in [0.2, 0.25) is 0 Å². The van der Waals surface area contributed by atoms with Crippen LogP contribution in [0.25, 0.3) is 0 Å². The maximum absolute atomic E-state index is 12.1. The molecule has 0 heterocycles. The Labute approximate surface area is 125 Å². The minimum absolute atomic E-state index is 0.0860. The number of hydrogen-bond donors (Lipinski definition) is 3. The van der Waals surface area contributed by atoms with Gasteiger partial charge in [0, 0.05) is 12.0 Å². The van der Waals surface area contributed by atoms with Crippen LogP contribution in [0.4, 0.5) is 0 Å². The van der Waals surface area contributed by atoms with Crippen LogP contribution in [0.3, 0.4) is 0 Å². The lowest BCUT2D eigenvalue weighted by Gasteiger charge is -2.26. The summed E-state index contributed by atoms with van der Waals surface area (Å²) in [6.45, 7) is 5.56. The monoisotopic (exact) mass is 298 g/mol. The van der Waals surface area contributed by atoms with Crippen LogP contribution in [0, 0.1) is 11.8 Å². The van der Waals surface area contributed by atoms with E-state index in [1.165, 1.54) is 0 Å². The van der Waals surface area contributed by atoms with Crippen molar-refractivity contribution in [2.45, 2.75) is 65.0 Å². The molecule has 0 spiro atoms. The molecule has 1 rings (SSSR count). The van der Waals surface area contributed by atoms with Crippen molar-refractivity contribution in [3.63, 3.8) is 0 Å². The molecule has 3 N–H and O–H groups in total. The first kappa shape index (κ1) is 17.5. The molecule has 120 valence electrons. The largest absolute Gasteiger partial charge is 0.481 e.